The predicted molar refractivity (Wildman–Crippen MR) is 107 cm³/mol. The van der Waals surface area contributed by atoms with Gasteiger partial charge >= 0.3 is 0 Å². The maximum Gasteiger partial charge on any atom is 0.264 e. The second-order valence-corrected chi connectivity index (χ2v) is 8.16. The van der Waals surface area contributed by atoms with E-state index in [-0.39, 0.29) is 10.6 Å². The largest absolute Gasteiger partial charge is 0.324 e. The summed E-state index contributed by atoms with van der Waals surface area (Å²) in [6, 6.07) is 19.1. The lowest BCUT2D eigenvalue weighted by atomic mass is 10.3. The molecule has 0 fully saturated rings. The molecule has 8 heteroatoms. The molecule has 0 aromatic heterocycles. The van der Waals surface area contributed by atoms with Crippen molar-refractivity contribution in [1.82, 2.24) is 0 Å². The molecule has 0 aliphatic rings. The van der Waals surface area contributed by atoms with Gasteiger partial charge in [-0.1, -0.05) is 35.9 Å². The monoisotopic (exact) mass is 418 g/mol. The number of nitrogens with zero attached hydrogens (tertiary/aromatic N) is 1. The fourth-order valence-corrected chi connectivity index (χ4v) is 4.17. The Morgan fingerprint density at radius 3 is 2.29 bits per heavy atom. The molecule has 0 atom stereocenters. The van der Waals surface area contributed by atoms with Crippen LogP contribution in [0.1, 0.15) is 0 Å². The first-order chi connectivity index (χ1) is 13.4. The molecule has 0 spiro atoms. The fourth-order valence-electron chi connectivity index (χ4n) is 2.54. The van der Waals surface area contributed by atoms with Crippen LogP contribution in [-0.4, -0.2) is 20.9 Å². The van der Waals surface area contributed by atoms with Crippen LogP contribution in [0.3, 0.4) is 0 Å². The number of halogens is 2. The van der Waals surface area contributed by atoms with E-state index >= 15 is 0 Å². The molecule has 1 N–H and O–H groups in total. The van der Waals surface area contributed by atoms with Gasteiger partial charge in [0.2, 0.25) is 5.91 Å². The molecule has 3 rings (SSSR count). The van der Waals surface area contributed by atoms with Gasteiger partial charge in [-0.25, -0.2) is 12.8 Å². The lowest BCUT2D eigenvalue weighted by Gasteiger charge is -2.24. The smallest absolute Gasteiger partial charge is 0.264 e. The summed E-state index contributed by atoms with van der Waals surface area (Å²) in [6.45, 7) is -0.491. The Hall–Kier alpha value is -2.90. The standard InChI is InChI=1S/C20H16ClFN2O3S/c21-15-5-4-6-17(13-15)23-20(25)14-24(18-11-9-16(22)10-12-18)28(26,27)19-7-2-1-3-8-19/h1-13H,14H2,(H,23,25). The van der Waals surface area contributed by atoms with Crippen LogP contribution in [0, 0.1) is 5.82 Å². The first-order valence-electron chi connectivity index (χ1n) is 8.25. The van der Waals surface area contributed by atoms with Crippen LogP contribution in [0.15, 0.2) is 83.8 Å². The molecule has 28 heavy (non-hydrogen) atoms. The average Bonchev–Trinajstić information content (AvgIpc) is 2.67. The van der Waals surface area contributed by atoms with Gasteiger partial charge < -0.3 is 5.32 Å². The number of hydrogen-bond acceptors (Lipinski definition) is 3. The Morgan fingerprint density at radius 1 is 0.964 bits per heavy atom. The van der Waals surface area contributed by atoms with Crippen molar-refractivity contribution < 1.29 is 17.6 Å². The van der Waals surface area contributed by atoms with Crippen molar-refractivity contribution in [2.75, 3.05) is 16.2 Å². The van der Waals surface area contributed by atoms with E-state index in [4.69, 9.17) is 11.6 Å². The molecule has 0 aliphatic carbocycles. The maximum atomic E-state index is 13.3. The van der Waals surface area contributed by atoms with E-state index in [2.05, 4.69) is 5.32 Å². The van der Waals surface area contributed by atoms with Crippen LogP contribution in [0.2, 0.25) is 5.02 Å². The number of anilines is 2. The second-order valence-electron chi connectivity index (χ2n) is 5.86. The SMILES string of the molecule is O=C(CN(c1ccc(F)cc1)S(=O)(=O)c1ccccc1)Nc1cccc(Cl)c1. The quantitative estimate of drug-likeness (QED) is 0.648. The number of sulfonamides is 1. The zero-order valence-electron chi connectivity index (χ0n) is 14.5. The molecular formula is C20H16ClFN2O3S. The van der Waals surface area contributed by atoms with E-state index in [1.54, 1.807) is 42.5 Å². The molecular weight excluding hydrogens is 403 g/mol. The normalized spacial score (nSPS) is 11.1. The maximum absolute atomic E-state index is 13.3. The van der Waals surface area contributed by atoms with Gasteiger partial charge in [-0.05, 0) is 54.6 Å². The average molecular weight is 419 g/mol. The molecule has 5 nitrogen and oxygen atoms in total. The van der Waals surface area contributed by atoms with Gasteiger partial charge in [0, 0.05) is 10.7 Å². The van der Waals surface area contributed by atoms with Crippen molar-refractivity contribution in [3.05, 3.63) is 89.7 Å². The Bertz CT molecular complexity index is 1070. The molecule has 3 aromatic carbocycles. The molecule has 0 bridgehead atoms. The molecule has 0 heterocycles. The zero-order valence-corrected chi connectivity index (χ0v) is 16.1. The lowest BCUT2D eigenvalue weighted by Crippen LogP contribution is -2.38. The van der Waals surface area contributed by atoms with Crippen LogP contribution in [0.4, 0.5) is 15.8 Å². The van der Waals surface area contributed by atoms with Gasteiger partial charge in [0.25, 0.3) is 10.0 Å². The Balaban J connectivity index is 1.92. The van der Waals surface area contributed by atoms with Crippen molar-refractivity contribution in [2.24, 2.45) is 0 Å². The summed E-state index contributed by atoms with van der Waals surface area (Å²) < 4.78 is 40.4. The highest BCUT2D eigenvalue weighted by Gasteiger charge is 2.27. The Labute approximate surface area is 167 Å². The van der Waals surface area contributed by atoms with E-state index < -0.39 is 28.3 Å². The number of amides is 1. The number of hydrogen-bond donors (Lipinski definition) is 1. The minimum Gasteiger partial charge on any atom is -0.324 e. The number of carbonyl (C=O) groups excluding carboxylic acids is 1. The first kappa shape index (κ1) is 19.9. The van der Waals surface area contributed by atoms with Gasteiger partial charge in [-0.2, -0.15) is 0 Å². The van der Waals surface area contributed by atoms with E-state index in [0.717, 1.165) is 16.4 Å². The third-order valence-corrected chi connectivity index (χ3v) is 5.86. The number of nitrogens with one attached hydrogen (secondary N) is 1. The van der Waals surface area contributed by atoms with Crippen LogP contribution < -0.4 is 9.62 Å². The third-order valence-electron chi connectivity index (χ3n) is 3.84. The molecule has 144 valence electrons. The van der Waals surface area contributed by atoms with Gasteiger partial charge in [0.15, 0.2) is 0 Å². The summed E-state index contributed by atoms with van der Waals surface area (Å²) in [5.74, 6) is -1.07. The zero-order chi connectivity index (χ0) is 20.1. The summed E-state index contributed by atoms with van der Waals surface area (Å²) in [6.07, 6.45) is 0. The summed E-state index contributed by atoms with van der Waals surface area (Å²) in [5.41, 5.74) is 0.611. The van der Waals surface area contributed by atoms with Crippen molar-refractivity contribution in [2.45, 2.75) is 4.90 Å². The lowest BCUT2D eigenvalue weighted by molar-refractivity contribution is -0.114. The summed E-state index contributed by atoms with van der Waals surface area (Å²) in [7, 11) is -4.04. The predicted octanol–water partition coefficient (Wildman–Crippen LogP) is 4.31. The molecule has 0 saturated heterocycles. The molecule has 0 radical (unpaired) electrons. The van der Waals surface area contributed by atoms with E-state index in [0.29, 0.717) is 10.7 Å². The summed E-state index contributed by atoms with van der Waals surface area (Å²) >= 11 is 5.90. The van der Waals surface area contributed by atoms with Gasteiger partial charge in [0.1, 0.15) is 12.4 Å². The molecule has 0 unspecified atom stereocenters. The first-order valence-corrected chi connectivity index (χ1v) is 10.1. The van der Waals surface area contributed by atoms with Crippen LogP contribution in [0.5, 0.6) is 0 Å². The van der Waals surface area contributed by atoms with E-state index in [1.807, 2.05) is 0 Å². The topological polar surface area (TPSA) is 66.5 Å². The number of rotatable bonds is 6. The van der Waals surface area contributed by atoms with Crippen LogP contribution in [0.25, 0.3) is 0 Å². The number of carbonyl (C=O) groups is 1. The van der Waals surface area contributed by atoms with E-state index in [1.165, 1.54) is 24.3 Å². The van der Waals surface area contributed by atoms with Crippen LogP contribution in [-0.2, 0) is 14.8 Å². The van der Waals surface area contributed by atoms with Crippen molar-refractivity contribution in [3.8, 4) is 0 Å². The molecule has 0 aliphatic heterocycles. The second kappa shape index (κ2) is 8.41. The minimum absolute atomic E-state index is 0.0230. The van der Waals surface area contributed by atoms with Crippen LogP contribution >= 0.6 is 11.6 Å². The fraction of sp³-hybridized carbons (Fsp3) is 0.0500. The highest BCUT2D eigenvalue weighted by atomic mass is 35.5. The van der Waals surface area contributed by atoms with Gasteiger partial charge in [0.05, 0.1) is 10.6 Å². The van der Waals surface area contributed by atoms with Crippen molar-refractivity contribution >= 4 is 38.9 Å². The molecule has 0 saturated carbocycles. The third kappa shape index (κ3) is 4.68. The molecule has 3 aromatic rings. The Morgan fingerprint density at radius 2 is 1.64 bits per heavy atom. The summed E-state index contributed by atoms with van der Waals surface area (Å²) in [4.78, 5) is 12.5. The molecule has 1 amide bonds. The van der Waals surface area contributed by atoms with Crippen molar-refractivity contribution in [1.29, 1.82) is 0 Å². The Kier molecular flexibility index (Phi) is 5.96. The highest BCUT2D eigenvalue weighted by Crippen LogP contribution is 2.24. The highest BCUT2D eigenvalue weighted by molar-refractivity contribution is 7.92. The summed E-state index contributed by atoms with van der Waals surface area (Å²) in [5, 5.41) is 3.05. The number of benzene rings is 3. The van der Waals surface area contributed by atoms with E-state index in [9.17, 15) is 17.6 Å². The van der Waals surface area contributed by atoms with Crippen molar-refractivity contribution in [3.63, 3.8) is 0 Å². The van der Waals surface area contributed by atoms with Gasteiger partial charge in [-0.3, -0.25) is 9.10 Å². The van der Waals surface area contributed by atoms with Gasteiger partial charge in [-0.15, -0.1) is 0 Å². The minimum atomic E-state index is -4.04.